The molecule has 152 valence electrons. The second-order valence-corrected chi connectivity index (χ2v) is 6.84. The van der Waals surface area contributed by atoms with Gasteiger partial charge in [-0.05, 0) is 56.3 Å². The normalized spacial score (nSPS) is 12.2. The average molecular weight is 413 g/mol. The second-order valence-electron chi connectivity index (χ2n) is 6.40. The molecule has 1 atom stereocenters. The van der Waals surface area contributed by atoms with Gasteiger partial charge < -0.3 is 14.8 Å². The summed E-state index contributed by atoms with van der Waals surface area (Å²) in [5, 5.41) is 3.42. The number of alkyl halides is 2. The lowest BCUT2D eigenvalue weighted by atomic mass is 10.1. The first-order valence-electron chi connectivity index (χ1n) is 8.60. The molecule has 0 spiro atoms. The highest BCUT2D eigenvalue weighted by Crippen LogP contribution is 2.30. The number of carbonyl (C=O) groups excluding carboxylic acids is 1. The van der Waals surface area contributed by atoms with Gasteiger partial charge in [-0.1, -0.05) is 23.7 Å². The van der Waals surface area contributed by atoms with E-state index in [1.807, 2.05) is 17.9 Å². The summed E-state index contributed by atoms with van der Waals surface area (Å²) in [5.41, 5.74) is 2.36. The smallest absolute Gasteiger partial charge is 0.387 e. The summed E-state index contributed by atoms with van der Waals surface area (Å²) in [6.07, 6.45) is 0. The van der Waals surface area contributed by atoms with Crippen molar-refractivity contribution in [2.75, 3.05) is 19.5 Å². The minimum absolute atomic E-state index is 0.0360. The van der Waals surface area contributed by atoms with Crippen molar-refractivity contribution in [2.45, 2.75) is 33.0 Å². The summed E-state index contributed by atoms with van der Waals surface area (Å²) in [7, 11) is 3.18. The first-order chi connectivity index (χ1) is 13.2. The van der Waals surface area contributed by atoms with Crippen molar-refractivity contribution in [2.24, 2.45) is 0 Å². The summed E-state index contributed by atoms with van der Waals surface area (Å²) in [6.45, 7) is 1.14. The molecule has 0 bridgehead atoms. The van der Waals surface area contributed by atoms with E-state index in [0.717, 1.165) is 11.1 Å². The molecule has 8 heteroatoms. The van der Waals surface area contributed by atoms with E-state index in [1.165, 1.54) is 13.2 Å². The number of hydrogen-bond acceptors (Lipinski definition) is 4. The molecule has 1 N–H and O–H groups in total. The van der Waals surface area contributed by atoms with Crippen LogP contribution in [0.4, 0.5) is 14.5 Å². The van der Waals surface area contributed by atoms with Crippen LogP contribution in [-0.2, 0) is 11.3 Å². The predicted octanol–water partition coefficient (Wildman–Crippen LogP) is 4.72. The Morgan fingerprint density at radius 3 is 2.57 bits per heavy atom. The molecule has 0 fully saturated rings. The standard InChI is InChI=1S/C20H23ClF2N2O3/c1-12-5-7-15(21)10-16(12)24-19(26)13(2)25(3)11-14-6-8-17(28-20(22)23)18(9-14)27-4/h5-10,13,20H,11H2,1-4H3,(H,24,26)/t13-/m1/s1. The molecule has 0 unspecified atom stereocenters. The van der Waals surface area contributed by atoms with Crippen LogP contribution in [0.25, 0.3) is 0 Å². The van der Waals surface area contributed by atoms with Crippen LogP contribution in [-0.4, -0.2) is 37.6 Å². The van der Waals surface area contributed by atoms with E-state index in [1.54, 1.807) is 38.2 Å². The van der Waals surface area contributed by atoms with E-state index >= 15 is 0 Å². The molecule has 2 aromatic rings. The van der Waals surface area contributed by atoms with Crippen molar-refractivity contribution in [3.05, 3.63) is 52.5 Å². The number of amides is 1. The van der Waals surface area contributed by atoms with Crippen LogP contribution in [0.3, 0.4) is 0 Å². The van der Waals surface area contributed by atoms with E-state index in [4.69, 9.17) is 16.3 Å². The van der Waals surface area contributed by atoms with Crippen LogP contribution in [0, 0.1) is 6.92 Å². The molecule has 1 amide bonds. The molecule has 5 nitrogen and oxygen atoms in total. The van der Waals surface area contributed by atoms with Crippen molar-refractivity contribution >= 4 is 23.2 Å². The van der Waals surface area contributed by atoms with Crippen LogP contribution in [0.5, 0.6) is 11.5 Å². The van der Waals surface area contributed by atoms with Crippen molar-refractivity contribution in [1.82, 2.24) is 4.90 Å². The molecule has 2 aromatic carbocycles. The lowest BCUT2D eigenvalue weighted by molar-refractivity contribution is -0.120. The summed E-state index contributed by atoms with van der Waals surface area (Å²) in [4.78, 5) is 14.4. The van der Waals surface area contributed by atoms with E-state index < -0.39 is 12.7 Å². The largest absolute Gasteiger partial charge is 0.493 e. The van der Waals surface area contributed by atoms with Gasteiger partial charge in [-0.25, -0.2) is 0 Å². The summed E-state index contributed by atoms with van der Waals surface area (Å²) in [5.74, 6) is -0.0125. The van der Waals surface area contributed by atoms with Gasteiger partial charge in [-0.3, -0.25) is 9.69 Å². The Kier molecular flexibility index (Phi) is 7.60. The number of nitrogens with zero attached hydrogens (tertiary/aromatic N) is 1. The topological polar surface area (TPSA) is 50.8 Å². The number of hydrogen-bond donors (Lipinski definition) is 1. The molecule has 0 heterocycles. The second kappa shape index (κ2) is 9.71. The van der Waals surface area contributed by atoms with Gasteiger partial charge in [-0.15, -0.1) is 0 Å². The molecular formula is C20H23ClF2N2O3. The zero-order valence-electron chi connectivity index (χ0n) is 16.1. The zero-order valence-corrected chi connectivity index (χ0v) is 16.9. The van der Waals surface area contributed by atoms with Crippen molar-refractivity contribution in [3.8, 4) is 11.5 Å². The third kappa shape index (κ3) is 5.81. The number of methoxy groups -OCH3 is 1. The number of aryl methyl sites for hydroxylation is 1. The third-order valence-corrected chi connectivity index (χ3v) is 4.61. The fourth-order valence-electron chi connectivity index (χ4n) is 2.59. The van der Waals surface area contributed by atoms with Gasteiger partial charge in [0.1, 0.15) is 0 Å². The number of ether oxygens (including phenoxy) is 2. The SMILES string of the molecule is COc1cc(CN(C)[C@H](C)C(=O)Nc2cc(Cl)ccc2C)ccc1OC(F)F. The van der Waals surface area contributed by atoms with Crippen LogP contribution < -0.4 is 14.8 Å². The van der Waals surface area contributed by atoms with Crippen molar-refractivity contribution < 1.29 is 23.0 Å². The van der Waals surface area contributed by atoms with Gasteiger partial charge in [0.25, 0.3) is 0 Å². The first kappa shape index (κ1) is 21.9. The number of nitrogens with one attached hydrogen (secondary N) is 1. The Morgan fingerprint density at radius 1 is 1.21 bits per heavy atom. The molecule has 0 saturated heterocycles. The Morgan fingerprint density at radius 2 is 1.93 bits per heavy atom. The molecule has 0 aliphatic rings. The lowest BCUT2D eigenvalue weighted by Crippen LogP contribution is -2.39. The minimum atomic E-state index is -2.93. The van der Waals surface area contributed by atoms with Gasteiger partial charge in [0, 0.05) is 17.3 Å². The number of rotatable bonds is 8. The fraction of sp³-hybridized carbons (Fsp3) is 0.350. The Bertz CT molecular complexity index is 833. The number of halogens is 3. The number of likely N-dealkylation sites (N-methyl/N-ethyl adjacent to an activating group) is 1. The first-order valence-corrected chi connectivity index (χ1v) is 8.98. The quantitative estimate of drug-likeness (QED) is 0.681. The monoisotopic (exact) mass is 412 g/mol. The van der Waals surface area contributed by atoms with Crippen molar-refractivity contribution in [3.63, 3.8) is 0 Å². The Balaban J connectivity index is 2.05. The molecule has 0 aliphatic carbocycles. The number of benzene rings is 2. The van der Waals surface area contributed by atoms with Gasteiger partial charge >= 0.3 is 6.61 Å². The highest BCUT2D eigenvalue weighted by atomic mass is 35.5. The molecule has 0 aromatic heterocycles. The maximum atomic E-state index is 12.6. The lowest BCUT2D eigenvalue weighted by Gasteiger charge is -2.24. The van der Waals surface area contributed by atoms with E-state index in [0.29, 0.717) is 17.3 Å². The van der Waals surface area contributed by atoms with Gasteiger partial charge in [0.2, 0.25) is 5.91 Å². The molecular weight excluding hydrogens is 390 g/mol. The number of anilines is 1. The van der Waals surface area contributed by atoms with E-state index in [-0.39, 0.29) is 17.4 Å². The van der Waals surface area contributed by atoms with Crippen molar-refractivity contribution in [1.29, 1.82) is 0 Å². The zero-order chi connectivity index (χ0) is 20.8. The minimum Gasteiger partial charge on any atom is -0.493 e. The van der Waals surface area contributed by atoms with Crippen LogP contribution >= 0.6 is 11.6 Å². The van der Waals surface area contributed by atoms with Crippen LogP contribution in [0.1, 0.15) is 18.1 Å². The molecule has 0 aliphatic heterocycles. The van der Waals surface area contributed by atoms with Gasteiger partial charge in [-0.2, -0.15) is 8.78 Å². The summed E-state index contributed by atoms with van der Waals surface area (Å²) < 4.78 is 34.4. The van der Waals surface area contributed by atoms with Crippen LogP contribution in [0.2, 0.25) is 5.02 Å². The van der Waals surface area contributed by atoms with E-state index in [9.17, 15) is 13.6 Å². The molecule has 28 heavy (non-hydrogen) atoms. The highest BCUT2D eigenvalue weighted by molar-refractivity contribution is 6.31. The molecule has 0 radical (unpaired) electrons. The maximum Gasteiger partial charge on any atom is 0.387 e. The average Bonchev–Trinajstić information content (AvgIpc) is 2.64. The molecule has 2 rings (SSSR count). The maximum absolute atomic E-state index is 12.6. The highest BCUT2D eigenvalue weighted by Gasteiger charge is 2.20. The third-order valence-electron chi connectivity index (χ3n) is 4.37. The summed E-state index contributed by atoms with van der Waals surface area (Å²) >= 11 is 5.99. The molecule has 0 saturated carbocycles. The van der Waals surface area contributed by atoms with Gasteiger partial charge in [0.15, 0.2) is 11.5 Å². The predicted molar refractivity (Wildman–Crippen MR) is 105 cm³/mol. The summed E-state index contributed by atoms with van der Waals surface area (Å²) in [6, 6.07) is 9.55. The van der Waals surface area contributed by atoms with E-state index in [2.05, 4.69) is 10.1 Å². The Labute approximate surface area is 168 Å². The fourth-order valence-corrected chi connectivity index (χ4v) is 2.77. The van der Waals surface area contributed by atoms with Crippen LogP contribution in [0.15, 0.2) is 36.4 Å². The van der Waals surface area contributed by atoms with Gasteiger partial charge in [0.05, 0.1) is 13.2 Å². The number of carbonyl (C=O) groups is 1. The Hall–Kier alpha value is -2.38.